The van der Waals surface area contributed by atoms with Crippen LogP contribution in [-0.2, 0) is 14.3 Å². The van der Waals surface area contributed by atoms with Crippen LogP contribution in [0.3, 0.4) is 0 Å². The van der Waals surface area contributed by atoms with Gasteiger partial charge in [0, 0.05) is 30.6 Å². The zero-order chi connectivity index (χ0) is 25.7. The smallest absolute Gasteiger partial charge is 0.458 e. The van der Waals surface area contributed by atoms with Crippen LogP contribution in [0.1, 0.15) is 6.42 Å². The minimum absolute atomic E-state index is 0.0965. The highest BCUT2D eigenvalue weighted by molar-refractivity contribution is 7.14. The first kappa shape index (κ1) is 24.7. The number of anilines is 1. The molecule has 3 heterocycles. The Bertz CT molecular complexity index is 1250. The lowest BCUT2D eigenvalue weighted by molar-refractivity contribution is -0.275. The van der Waals surface area contributed by atoms with E-state index in [0.29, 0.717) is 0 Å². The van der Waals surface area contributed by atoms with Crippen LogP contribution in [0.2, 0.25) is 0 Å². The predicted molar refractivity (Wildman–Crippen MR) is 115 cm³/mol. The molecule has 1 saturated heterocycles. The van der Waals surface area contributed by atoms with Gasteiger partial charge < -0.3 is 14.8 Å². The molecule has 0 radical (unpaired) electrons. The molecule has 2 atom stereocenters. The number of rotatable bonds is 5. The van der Waals surface area contributed by atoms with Crippen molar-refractivity contribution in [3.8, 4) is 17.0 Å². The fourth-order valence-electron chi connectivity index (χ4n) is 3.61. The lowest BCUT2D eigenvalue weighted by Gasteiger charge is -2.37. The number of imide groups is 1. The standard InChI is InChI=1S/C20H15ClF4N4O5S/c1-28-16(31)14-9(15(21)33-17(14)29(2)19(28)32)6-13(30)27-18-26-11(7-35-18)8-3-4-10(22)12(5-8)34-20(23,24)25/h3-5,7,14,17H,6H2,1-2H3,(H,26,27,30). The lowest BCUT2D eigenvalue weighted by Crippen LogP contribution is -2.58. The second-order valence-electron chi connectivity index (χ2n) is 7.53. The van der Waals surface area contributed by atoms with Crippen LogP contribution < -0.4 is 10.1 Å². The van der Waals surface area contributed by atoms with Gasteiger partial charge in [0.25, 0.3) is 0 Å². The summed E-state index contributed by atoms with van der Waals surface area (Å²) in [6.07, 6.45) is -6.38. The Kier molecular flexibility index (Phi) is 6.36. The minimum atomic E-state index is -5.07. The van der Waals surface area contributed by atoms with Crippen LogP contribution in [-0.4, -0.2) is 59.3 Å². The number of aromatic nitrogens is 1. The van der Waals surface area contributed by atoms with E-state index >= 15 is 0 Å². The Morgan fingerprint density at radius 2 is 2.03 bits per heavy atom. The van der Waals surface area contributed by atoms with Crippen molar-refractivity contribution in [2.75, 3.05) is 19.4 Å². The maximum Gasteiger partial charge on any atom is 0.573 e. The zero-order valence-electron chi connectivity index (χ0n) is 17.9. The van der Waals surface area contributed by atoms with E-state index in [2.05, 4.69) is 15.0 Å². The number of hydrogen-bond donors (Lipinski definition) is 1. The third-order valence-electron chi connectivity index (χ3n) is 5.26. The molecule has 0 aliphatic carbocycles. The number of ether oxygens (including phenoxy) is 2. The van der Waals surface area contributed by atoms with E-state index in [0.717, 1.165) is 28.4 Å². The van der Waals surface area contributed by atoms with Crippen LogP contribution in [0.5, 0.6) is 5.75 Å². The summed E-state index contributed by atoms with van der Waals surface area (Å²) in [6, 6.07) is 2.28. The molecule has 15 heteroatoms. The van der Waals surface area contributed by atoms with Crippen molar-refractivity contribution in [2.45, 2.75) is 19.0 Å². The van der Waals surface area contributed by atoms with Crippen molar-refractivity contribution in [1.29, 1.82) is 0 Å². The van der Waals surface area contributed by atoms with Gasteiger partial charge in [-0.05, 0) is 29.8 Å². The summed E-state index contributed by atoms with van der Waals surface area (Å²) >= 11 is 7.09. The number of thiazole rings is 1. The molecule has 2 aliphatic rings. The van der Waals surface area contributed by atoms with Crippen LogP contribution in [0.25, 0.3) is 11.3 Å². The van der Waals surface area contributed by atoms with Crippen LogP contribution in [0.15, 0.2) is 34.4 Å². The molecule has 0 saturated carbocycles. The van der Waals surface area contributed by atoms with Gasteiger partial charge in [0.15, 0.2) is 28.1 Å². The number of fused-ring (bicyclic) bond motifs is 1. The Labute approximate surface area is 203 Å². The largest absolute Gasteiger partial charge is 0.573 e. The second-order valence-corrected chi connectivity index (χ2v) is 8.73. The molecule has 2 aromatic rings. The van der Waals surface area contributed by atoms with Crippen molar-refractivity contribution in [2.24, 2.45) is 5.92 Å². The highest BCUT2D eigenvalue weighted by atomic mass is 35.5. The van der Waals surface area contributed by atoms with Gasteiger partial charge in [-0.1, -0.05) is 0 Å². The first-order valence-corrected chi connectivity index (χ1v) is 11.0. The highest BCUT2D eigenvalue weighted by Gasteiger charge is 2.51. The number of alkyl halides is 3. The van der Waals surface area contributed by atoms with Gasteiger partial charge in [-0.2, -0.15) is 0 Å². The lowest BCUT2D eigenvalue weighted by atomic mass is 9.93. The molecule has 1 N–H and O–H groups in total. The normalized spacial score (nSPS) is 20.2. The van der Waals surface area contributed by atoms with E-state index in [1.807, 2.05) is 0 Å². The monoisotopic (exact) mass is 534 g/mol. The Morgan fingerprint density at radius 1 is 1.31 bits per heavy atom. The average molecular weight is 535 g/mol. The Hall–Kier alpha value is -3.39. The van der Waals surface area contributed by atoms with Gasteiger partial charge in [0.2, 0.25) is 11.8 Å². The van der Waals surface area contributed by atoms with Crippen LogP contribution >= 0.6 is 22.9 Å². The SMILES string of the molecule is CN1C(=O)C2C(CC(=O)Nc3nc(-c4ccc(F)c(OC(F)(F)F)c4)cs3)=C(Cl)OC2N(C)C1=O. The quantitative estimate of drug-likeness (QED) is 0.579. The molecule has 0 bridgehead atoms. The van der Waals surface area contributed by atoms with Gasteiger partial charge in [0.05, 0.1) is 12.1 Å². The molecule has 186 valence electrons. The van der Waals surface area contributed by atoms with E-state index in [1.54, 1.807) is 0 Å². The number of carbonyl (C=O) groups excluding carboxylic acids is 3. The number of halogens is 5. The molecule has 2 aliphatic heterocycles. The summed E-state index contributed by atoms with van der Waals surface area (Å²) in [4.78, 5) is 43.6. The van der Waals surface area contributed by atoms with Crippen molar-refractivity contribution < 1.29 is 41.4 Å². The number of urea groups is 1. The molecule has 1 fully saturated rings. The number of amides is 4. The van der Waals surface area contributed by atoms with E-state index in [9.17, 15) is 31.9 Å². The number of carbonyl (C=O) groups is 3. The van der Waals surface area contributed by atoms with Crippen molar-refractivity contribution >= 4 is 45.9 Å². The third-order valence-corrected chi connectivity index (χ3v) is 6.35. The van der Waals surface area contributed by atoms with E-state index < -0.39 is 47.9 Å². The van der Waals surface area contributed by atoms with Gasteiger partial charge in [-0.15, -0.1) is 24.5 Å². The summed E-state index contributed by atoms with van der Waals surface area (Å²) in [7, 11) is 2.74. The van der Waals surface area contributed by atoms with Crippen molar-refractivity contribution in [3.63, 3.8) is 0 Å². The molecular formula is C20H15ClF4N4O5S. The number of hydrogen-bond acceptors (Lipinski definition) is 7. The molecule has 4 rings (SSSR count). The van der Waals surface area contributed by atoms with Gasteiger partial charge in [0.1, 0.15) is 5.92 Å². The first-order chi connectivity index (χ1) is 16.4. The maximum absolute atomic E-state index is 13.7. The highest BCUT2D eigenvalue weighted by Crippen LogP contribution is 2.40. The molecule has 1 aromatic carbocycles. The number of nitrogens with one attached hydrogen (secondary N) is 1. The minimum Gasteiger partial charge on any atom is -0.458 e. The Morgan fingerprint density at radius 3 is 2.71 bits per heavy atom. The fraction of sp³-hybridized carbons (Fsp3) is 0.300. The van der Waals surface area contributed by atoms with Gasteiger partial charge in [-0.25, -0.2) is 14.2 Å². The summed E-state index contributed by atoms with van der Waals surface area (Å²) < 4.78 is 60.2. The molecule has 2 unspecified atom stereocenters. The first-order valence-electron chi connectivity index (χ1n) is 9.76. The summed E-state index contributed by atoms with van der Waals surface area (Å²) in [5.41, 5.74) is 0.487. The molecule has 4 amide bonds. The molecule has 9 nitrogen and oxygen atoms in total. The van der Waals surface area contributed by atoms with Crippen molar-refractivity contribution in [3.05, 3.63) is 40.2 Å². The van der Waals surface area contributed by atoms with Crippen molar-refractivity contribution in [1.82, 2.24) is 14.8 Å². The van der Waals surface area contributed by atoms with Gasteiger partial charge in [-0.3, -0.25) is 19.4 Å². The summed E-state index contributed by atoms with van der Waals surface area (Å²) in [5.74, 6) is -4.34. The van der Waals surface area contributed by atoms with E-state index in [1.165, 1.54) is 30.4 Å². The van der Waals surface area contributed by atoms with E-state index in [4.69, 9.17) is 16.3 Å². The Balaban J connectivity index is 1.47. The third kappa shape index (κ3) is 4.89. The molecular weight excluding hydrogens is 520 g/mol. The summed E-state index contributed by atoms with van der Waals surface area (Å²) in [6.45, 7) is 0. The number of nitrogens with zero attached hydrogens (tertiary/aromatic N) is 3. The zero-order valence-corrected chi connectivity index (χ0v) is 19.4. The maximum atomic E-state index is 13.7. The average Bonchev–Trinajstić information content (AvgIpc) is 3.36. The molecule has 35 heavy (non-hydrogen) atoms. The topological polar surface area (TPSA) is 101 Å². The number of benzene rings is 1. The molecule has 1 aromatic heterocycles. The van der Waals surface area contributed by atoms with E-state index in [-0.39, 0.29) is 33.6 Å². The molecule has 0 spiro atoms. The predicted octanol–water partition coefficient (Wildman–Crippen LogP) is 4.12. The second kappa shape index (κ2) is 9.00. The van der Waals surface area contributed by atoms with Crippen LogP contribution in [0, 0.1) is 11.7 Å². The summed E-state index contributed by atoms with van der Waals surface area (Å²) in [5, 5.41) is 3.89. The van der Waals surface area contributed by atoms with Crippen LogP contribution in [0.4, 0.5) is 27.5 Å². The van der Waals surface area contributed by atoms with Gasteiger partial charge >= 0.3 is 12.4 Å². The fourth-order valence-corrected chi connectivity index (χ4v) is 4.62.